The van der Waals surface area contributed by atoms with Crippen molar-refractivity contribution in [1.29, 1.82) is 0 Å². The fourth-order valence-electron chi connectivity index (χ4n) is 0.183. The van der Waals surface area contributed by atoms with Gasteiger partial charge in [0.25, 0.3) is 0 Å². The van der Waals surface area contributed by atoms with Gasteiger partial charge in [-0.2, -0.15) is 0 Å². The molecule has 0 spiro atoms. The second-order valence-electron chi connectivity index (χ2n) is 1.06. The van der Waals surface area contributed by atoms with Crippen molar-refractivity contribution in [2.75, 3.05) is 5.75 Å². The van der Waals surface area contributed by atoms with Gasteiger partial charge in [-0.15, -0.1) is 0 Å². The van der Waals surface area contributed by atoms with Crippen molar-refractivity contribution < 1.29 is 4.21 Å². The lowest BCUT2D eigenvalue weighted by Crippen LogP contribution is -1.78. The monoisotopic (exact) mass is 124 g/mol. The molecule has 0 bridgehead atoms. The molecule has 0 heterocycles. The molecule has 38 valence electrons. The summed E-state index contributed by atoms with van der Waals surface area (Å²) in [4.78, 5) is 0. The van der Waals surface area contributed by atoms with Gasteiger partial charge in [-0.05, 0) is 17.6 Å². The quantitative estimate of drug-likeness (QED) is 0.535. The van der Waals surface area contributed by atoms with Crippen molar-refractivity contribution in [3.8, 4) is 0 Å². The smallest absolute Gasteiger partial charge is 0.0229 e. The summed E-state index contributed by atoms with van der Waals surface area (Å²) in [7, 11) is -1.27. The summed E-state index contributed by atoms with van der Waals surface area (Å²) in [6.07, 6.45) is 0.943. The molecule has 0 aromatic carbocycles. The van der Waals surface area contributed by atoms with E-state index in [1.54, 1.807) is 0 Å². The lowest BCUT2D eigenvalue weighted by molar-refractivity contribution is 0.692. The van der Waals surface area contributed by atoms with Gasteiger partial charge in [-0.3, -0.25) is 4.21 Å². The first kappa shape index (κ1) is 6.37. The van der Waals surface area contributed by atoms with Crippen LogP contribution in [0.2, 0.25) is 0 Å². The Labute approximate surface area is 44.5 Å². The SMILES string of the molecule is CCC[SH](=O)=S. The summed E-state index contributed by atoms with van der Waals surface area (Å²) in [6.45, 7) is 1.97. The molecule has 1 nitrogen and oxygen atoms in total. The second kappa shape index (κ2) is 3.56. The first-order chi connectivity index (χ1) is 2.77. The first-order valence-corrected chi connectivity index (χ1v) is 4.35. The standard InChI is InChI=1S/C3H8OS2/c1-2-3-6(4)5/h6H,2-3H2,1H3. The van der Waals surface area contributed by atoms with Gasteiger partial charge < -0.3 is 0 Å². The highest BCUT2D eigenvalue weighted by atomic mass is 32.8. The largest absolute Gasteiger partial charge is 0.260 e. The van der Waals surface area contributed by atoms with Crippen LogP contribution in [0.3, 0.4) is 0 Å². The third-order valence-corrected chi connectivity index (χ3v) is 1.77. The molecule has 1 atom stereocenters. The van der Waals surface area contributed by atoms with Crippen LogP contribution in [0.5, 0.6) is 0 Å². The van der Waals surface area contributed by atoms with E-state index in [0.717, 1.165) is 6.42 Å². The van der Waals surface area contributed by atoms with Gasteiger partial charge in [0, 0.05) is 15.1 Å². The molecule has 0 N–H and O–H groups in total. The molecule has 0 aromatic rings. The maximum atomic E-state index is 10.0. The highest BCUT2D eigenvalue weighted by Gasteiger charge is 1.72. The van der Waals surface area contributed by atoms with E-state index in [4.69, 9.17) is 0 Å². The van der Waals surface area contributed by atoms with E-state index in [1.165, 1.54) is 0 Å². The van der Waals surface area contributed by atoms with E-state index in [9.17, 15) is 4.21 Å². The Morgan fingerprint density at radius 2 is 2.33 bits per heavy atom. The minimum absolute atomic E-state index is 0.699. The maximum absolute atomic E-state index is 10.0. The third-order valence-electron chi connectivity index (χ3n) is 0.406. The zero-order valence-corrected chi connectivity index (χ0v) is 5.39. The highest BCUT2D eigenvalue weighted by molar-refractivity contribution is 8.21. The van der Waals surface area contributed by atoms with E-state index in [-0.39, 0.29) is 0 Å². The molecule has 6 heavy (non-hydrogen) atoms. The molecule has 1 unspecified atom stereocenters. The van der Waals surface area contributed by atoms with E-state index < -0.39 is 9.36 Å². The molecule has 0 fully saturated rings. The van der Waals surface area contributed by atoms with Crippen LogP contribution in [0, 0.1) is 0 Å². The van der Waals surface area contributed by atoms with Gasteiger partial charge in [-0.1, -0.05) is 6.92 Å². The van der Waals surface area contributed by atoms with Crippen LogP contribution in [-0.4, -0.2) is 9.96 Å². The second-order valence-corrected chi connectivity index (χ2v) is 3.39. The van der Waals surface area contributed by atoms with E-state index >= 15 is 0 Å². The van der Waals surface area contributed by atoms with Gasteiger partial charge >= 0.3 is 0 Å². The van der Waals surface area contributed by atoms with Crippen molar-refractivity contribution in [2.24, 2.45) is 0 Å². The Bertz CT molecular complexity index is 76.8. The van der Waals surface area contributed by atoms with Crippen molar-refractivity contribution >= 4 is 20.5 Å². The van der Waals surface area contributed by atoms with Gasteiger partial charge in [0.1, 0.15) is 0 Å². The van der Waals surface area contributed by atoms with Crippen LogP contribution in [-0.2, 0) is 20.5 Å². The summed E-state index contributed by atoms with van der Waals surface area (Å²) in [5.41, 5.74) is 0. The first-order valence-electron chi connectivity index (χ1n) is 1.89. The summed E-state index contributed by atoms with van der Waals surface area (Å²) in [6, 6.07) is 0. The van der Waals surface area contributed by atoms with Crippen molar-refractivity contribution in [2.45, 2.75) is 13.3 Å². The Balaban J connectivity index is 3.07. The predicted molar refractivity (Wildman–Crippen MR) is 32.1 cm³/mol. The van der Waals surface area contributed by atoms with Crippen LogP contribution in [0.1, 0.15) is 13.3 Å². The van der Waals surface area contributed by atoms with Gasteiger partial charge in [0.15, 0.2) is 0 Å². The summed E-state index contributed by atoms with van der Waals surface area (Å²) in [5, 5.41) is 0. The zero-order chi connectivity index (χ0) is 4.99. The number of hydrogen-bond donors (Lipinski definition) is 1. The van der Waals surface area contributed by atoms with Crippen molar-refractivity contribution in [1.82, 2.24) is 0 Å². The maximum Gasteiger partial charge on any atom is 0.0229 e. The molecule has 0 aromatic heterocycles. The Morgan fingerprint density at radius 3 is 2.33 bits per heavy atom. The van der Waals surface area contributed by atoms with Gasteiger partial charge in [0.05, 0.1) is 0 Å². The van der Waals surface area contributed by atoms with Crippen LogP contribution < -0.4 is 0 Å². The van der Waals surface area contributed by atoms with Crippen LogP contribution in [0.15, 0.2) is 0 Å². The van der Waals surface area contributed by atoms with E-state index in [0.29, 0.717) is 5.75 Å². The Kier molecular flexibility index (Phi) is 3.78. The topological polar surface area (TPSA) is 17.1 Å². The summed E-state index contributed by atoms with van der Waals surface area (Å²) in [5.74, 6) is 0.699. The molecule has 0 aliphatic rings. The Hall–Kier alpha value is 0.370. The fourth-order valence-corrected chi connectivity index (χ4v) is 1.10. The highest BCUT2D eigenvalue weighted by Crippen LogP contribution is 1.72. The third kappa shape index (κ3) is 4.37. The minimum atomic E-state index is -1.27. The Morgan fingerprint density at radius 1 is 1.83 bits per heavy atom. The lowest BCUT2D eigenvalue weighted by Gasteiger charge is -1.75. The molecule has 0 rings (SSSR count). The van der Waals surface area contributed by atoms with Gasteiger partial charge in [-0.25, -0.2) is 0 Å². The molecule has 3 heteroatoms. The lowest BCUT2D eigenvalue weighted by atomic mass is 10.6. The summed E-state index contributed by atoms with van der Waals surface area (Å²) >= 11 is 4.39. The van der Waals surface area contributed by atoms with E-state index in [1.807, 2.05) is 6.92 Å². The van der Waals surface area contributed by atoms with Crippen LogP contribution in [0.4, 0.5) is 0 Å². The normalized spacial score (nSPS) is 14.2. The van der Waals surface area contributed by atoms with Crippen molar-refractivity contribution in [3.05, 3.63) is 0 Å². The number of thiol groups is 1. The molecule has 0 saturated heterocycles. The zero-order valence-electron chi connectivity index (χ0n) is 3.68. The summed E-state index contributed by atoms with van der Waals surface area (Å²) < 4.78 is 10.0. The average Bonchev–Trinajstić information content (AvgIpc) is 1.35. The molecule has 0 saturated carbocycles. The molecule has 0 aliphatic carbocycles. The number of hydrogen-bond acceptors (Lipinski definition) is 2. The molecular formula is C3H8OS2. The molecule has 0 amide bonds. The fraction of sp³-hybridized carbons (Fsp3) is 1.00. The molecule has 0 aliphatic heterocycles. The van der Waals surface area contributed by atoms with Crippen molar-refractivity contribution in [3.63, 3.8) is 0 Å². The van der Waals surface area contributed by atoms with E-state index in [2.05, 4.69) is 11.2 Å². The van der Waals surface area contributed by atoms with Gasteiger partial charge in [0.2, 0.25) is 0 Å². The molecule has 0 radical (unpaired) electrons. The number of rotatable bonds is 2. The molecular weight excluding hydrogens is 116 g/mol. The van der Waals surface area contributed by atoms with Crippen LogP contribution >= 0.6 is 0 Å². The average molecular weight is 124 g/mol. The van der Waals surface area contributed by atoms with Crippen LogP contribution in [0.25, 0.3) is 0 Å². The predicted octanol–water partition coefficient (Wildman–Crippen LogP) is 0.339. The minimum Gasteiger partial charge on any atom is -0.260 e.